The number of aliphatic carboxylic acids is 1. The van der Waals surface area contributed by atoms with E-state index in [9.17, 15) is 14.3 Å². The summed E-state index contributed by atoms with van der Waals surface area (Å²) in [4.78, 5) is 10.2. The number of benzene rings is 1. The van der Waals surface area contributed by atoms with Gasteiger partial charge < -0.3 is 14.6 Å². The van der Waals surface area contributed by atoms with Crippen LogP contribution in [-0.2, 0) is 11.2 Å². The lowest BCUT2D eigenvalue weighted by molar-refractivity contribution is -0.305. The van der Waals surface area contributed by atoms with Crippen molar-refractivity contribution >= 4 is 5.97 Å². The second kappa shape index (κ2) is 4.60. The molecule has 0 aliphatic heterocycles. The molecule has 1 aromatic carbocycles. The number of halogens is 1. The predicted molar refractivity (Wildman–Crippen MR) is 46.3 cm³/mol. The number of carbonyl (C=O) groups is 1. The molecule has 1 rings (SSSR count). The minimum atomic E-state index is -1.14. The first kappa shape index (κ1) is 10.5. The lowest BCUT2D eigenvalue weighted by atomic mass is 10.1. The van der Waals surface area contributed by atoms with E-state index < -0.39 is 11.8 Å². The first-order valence-corrected chi connectivity index (χ1v) is 4.15. The van der Waals surface area contributed by atoms with Crippen LogP contribution in [0.2, 0.25) is 0 Å². The molecule has 0 aromatic heterocycles. The molecule has 0 fully saturated rings. The Morgan fingerprint density at radius 1 is 1.57 bits per heavy atom. The molecule has 3 nitrogen and oxygen atoms in total. The Bertz CT molecular complexity index is 336. The first-order valence-electron chi connectivity index (χ1n) is 4.15. The van der Waals surface area contributed by atoms with Crippen molar-refractivity contribution in [3.8, 4) is 5.75 Å². The van der Waals surface area contributed by atoms with E-state index in [4.69, 9.17) is 4.74 Å². The standard InChI is InChI=1S/C10H11FO3/c1-14-9-4-2-7(6-8(9)11)3-5-10(12)13/h2,4,6H,3,5H2,1H3,(H,12,13)/p-1. The van der Waals surface area contributed by atoms with E-state index in [1.54, 1.807) is 6.07 Å². The van der Waals surface area contributed by atoms with Gasteiger partial charge in [-0.25, -0.2) is 4.39 Å². The number of hydrogen-bond donors (Lipinski definition) is 0. The summed E-state index contributed by atoms with van der Waals surface area (Å²) in [6.45, 7) is 0. The molecule has 0 heterocycles. The zero-order valence-corrected chi connectivity index (χ0v) is 7.75. The summed E-state index contributed by atoms with van der Waals surface area (Å²) in [7, 11) is 1.37. The minimum absolute atomic E-state index is 0.105. The van der Waals surface area contributed by atoms with Gasteiger partial charge in [0.05, 0.1) is 7.11 Å². The summed E-state index contributed by atoms with van der Waals surface area (Å²) >= 11 is 0. The maximum Gasteiger partial charge on any atom is 0.165 e. The van der Waals surface area contributed by atoms with Gasteiger partial charge in [-0.05, 0) is 30.5 Å². The number of methoxy groups -OCH3 is 1. The monoisotopic (exact) mass is 197 g/mol. The molecule has 0 aliphatic rings. The molecule has 0 radical (unpaired) electrons. The van der Waals surface area contributed by atoms with Crippen molar-refractivity contribution in [2.75, 3.05) is 7.11 Å². The maximum atomic E-state index is 13.1. The zero-order chi connectivity index (χ0) is 10.6. The van der Waals surface area contributed by atoms with Gasteiger partial charge in [0.25, 0.3) is 0 Å². The van der Waals surface area contributed by atoms with Crippen LogP contribution in [0.15, 0.2) is 18.2 Å². The molecule has 0 unspecified atom stereocenters. The third-order valence-electron chi connectivity index (χ3n) is 1.83. The highest BCUT2D eigenvalue weighted by Gasteiger charge is 2.02. The predicted octanol–water partition coefficient (Wildman–Crippen LogP) is 0.517. The average molecular weight is 197 g/mol. The number of hydrogen-bond acceptors (Lipinski definition) is 3. The van der Waals surface area contributed by atoms with Crippen molar-refractivity contribution in [3.63, 3.8) is 0 Å². The summed E-state index contributed by atoms with van der Waals surface area (Å²) in [5.41, 5.74) is 0.618. The van der Waals surface area contributed by atoms with E-state index in [2.05, 4.69) is 0 Å². The molecule has 4 heteroatoms. The van der Waals surface area contributed by atoms with Crippen LogP contribution < -0.4 is 9.84 Å². The minimum Gasteiger partial charge on any atom is -0.550 e. The highest BCUT2D eigenvalue weighted by molar-refractivity contribution is 5.64. The fourth-order valence-corrected chi connectivity index (χ4v) is 1.11. The van der Waals surface area contributed by atoms with Crippen molar-refractivity contribution in [1.82, 2.24) is 0 Å². The van der Waals surface area contributed by atoms with Crippen LogP contribution in [-0.4, -0.2) is 13.1 Å². The smallest absolute Gasteiger partial charge is 0.165 e. The molecular formula is C10H10FO3-. The Kier molecular flexibility index (Phi) is 3.45. The number of rotatable bonds is 4. The topological polar surface area (TPSA) is 49.4 Å². The van der Waals surface area contributed by atoms with Gasteiger partial charge in [-0.15, -0.1) is 0 Å². The highest BCUT2D eigenvalue weighted by Crippen LogP contribution is 2.18. The number of carboxylic acid groups (broad SMARTS) is 1. The van der Waals surface area contributed by atoms with E-state index in [0.717, 1.165) is 0 Å². The molecule has 76 valence electrons. The number of carboxylic acids is 1. The summed E-state index contributed by atoms with van der Waals surface area (Å²) in [5.74, 6) is -1.47. The Morgan fingerprint density at radius 2 is 2.29 bits per heavy atom. The molecule has 0 saturated heterocycles. The van der Waals surface area contributed by atoms with Gasteiger partial charge in [-0.1, -0.05) is 6.07 Å². The summed E-state index contributed by atoms with van der Waals surface area (Å²) in [6, 6.07) is 4.37. The average Bonchev–Trinajstić information content (AvgIpc) is 2.15. The molecule has 1 aromatic rings. The van der Waals surface area contributed by atoms with Gasteiger partial charge in [0.15, 0.2) is 11.6 Å². The van der Waals surface area contributed by atoms with Crippen LogP contribution in [0.3, 0.4) is 0 Å². The molecular weight excluding hydrogens is 187 g/mol. The molecule has 14 heavy (non-hydrogen) atoms. The number of aryl methyl sites for hydroxylation is 1. The molecule has 0 bridgehead atoms. The third-order valence-corrected chi connectivity index (χ3v) is 1.83. The van der Waals surface area contributed by atoms with Crippen LogP contribution in [0.4, 0.5) is 4.39 Å². The van der Waals surface area contributed by atoms with Crippen molar-refractivity contribution < 1.29 is 19.0 Å². The van der Waals surface area contributed by atoms with E-state index in [0.29, 0.717) is 5.56 Å². The SMILES string of the molecule is COc1ccc(CCC(=O)[O-])cc1F. The normalized spacial score (nSPS) is 9.86. The van der Waals surface area contributed by atoms with Gasteiger partial charge in [0.1, 0.15) is 0 Å². The van der Waals surface area contributed by atoms with Gasteiger partial charge in [0.2, 0.25) is 0 Å². The summed E-state index contributed by atoms with van der Waals surface area (Å²) in [5, 5.41) is 10.2. The second-order valence-electron chi connectivity index (χ2n) is 2.84. The molecule has 0 spiro atoms. The molecule has 0 amide bonds. The van der Waals surface area contributed by atoms with E-state index in [-0.39, 0.29) is 18.6 Å². The van der Waals surface area contributed by atoms with E-state index >= 15 is 0 Å². The Balaban J connectivity index is 2.71. The van der Waals surface area contributed by atoms with E-state index in [1.807, 2.05) is 0 Å². The number of ether oxygens (including phenoxy) is 1. The van der Waals surface area contributed by atoms with Crippen molar-refractivity contribution in [1.29, 1.82) is 0 Å². The largest absolute Gasteiger partial charge is 0.550 e. The fourth-order valence-electron chi connectivity index (χ4n) is 1.11. The first-order chi connectivity index (χ1) is 6.63. The maximum absolute atomic E-state index is 13.1. The molecule has 0 atom stereocenters. The van der Waals surface area contributed by atoms with Crippen LogP contribution in [0, 0.1) is 5.82 Å². The van der Waals surface area contributed by atoms with Crippen LogP contribution in [0.5, 0.6) is 5.75 Å². The van der Waals surface area contributed by atoms with Gasteiger partial charge in [-0.2, -0.15) is 0 Å². The second-order valence-corrected chi connectivity index (χ2v) is 2.84. The molecule has 0 N–H and O–H groups in total. The van der Waals surface area contributed by atoms with Gasteiger partial charge in [0, 0.05) is 5.97 Å². The van der Waals surface area contributed by atoms with Crippen molar-refractivity contribution in [3.05, 3.63) is 29.6 Å². The zero-order valence-electron chi connectivity index (χ0n) is 7.75. The van der Waals surface area contributed by atoms with Crippen molar-refractivity contribution in [2.45, 2.75) is 12.8 Å². The van der Waals surface area contributed by atoms with E-state index in [1.165, 1.54) is 19.2 Å². The highest BCUT2D eigenvalue weighted by atomic mass is 19.1. The lowest BCUT2D eigenvalue weighted by Gasteiger charge is -2.05. The Morgan fingerprint density at radius 3 is 2.79 bits per heavy atom. The van der Waals surface area contributed by atoms with Gasteiger partial charge in [-0.3, -0.25) is 0 Å². The third kappa shape index (κ3) is 2.73. The lowest BCUT2D eigenvalue weighted by Crippen LogP contribution is -2.22. The summed E-state index contributed by atoms with van der Waals surface area (Å²) < 4.78 is 17.8. The Labute approximate surface area is 81.1 Å². The number of carbonyl (C=O) groups excluding carboxylic acids is 1. The van der Waals surface area contributed by atoms with Crippen molar-refractivity contribution in [2.24, 2.45) is 0 Å². The van der Waals surface area contributed by atoms with Crippen LogP contribution in [0.1, 0.15) is 12.0 Å². The quantitative estimate of drug-likeness (QED) is 0.706. The summed E-state index contributed by atoms with van der Waals surface area (Å²) in [6.07, 6.45) is 0.162. The Hall–Kier alpha value is -1.58. The van der Waals surface area contributed by atoms with Crippen LogP contribution >= 0.6 is 0 Å². The van der Waals surface area contributed by atoms with Crippen LogP contribution in [0.25, 0.3) is 0 Å². The fraction of sp³-hybridized carbons (Fsp3) is 0.300. The molecule has 0 aliphatic carbocycles. The molecule has 0 saturated carbocycles. The van der Waals surface area contributed by atoms with Gasteiger partial charge >= 0.3 is 0 Å².